The van der Waals surface area contributed by atoms with Crippen LogP contribution in [0.5, 0.6) is 11.5 Å². The summed E-state index contributed by atoms with van der Waals surface area (Å²) in [6.07, 6.45) is 0.209. The zero-order chi connectivity index (χ0) is 26.8. The molecule has 4 rings (SSSR count). The van der Waals surface area contributed by atoms with Crippen molar-refractivity contribution in [3.63, 3.8) is 0 Å². The molecule has 37 heavy (non-hydrogen) atoms. The fourth-order valence-corrected chi connectivity index (χ4v) is 5.53. The Morgan fingerprint density at radius 1 is 0.919 bits per heavy atom. The summed E-state index contributed by atoms with van der Waals surface area (Å²) in [6.45, 7) is 6.14. The Labute approximate surface area is 221 Å². The van der Waals surface area contributed by atoms with E-state index < -0.39 is 21.8 Å². The molecule has 1 heterocycles. The number of hydrogen-bond donors (Lipinski definition) is 1. The van der Waals surface area contributed by atoms with Crippen molar-refractivity contribution >= 4 is 38.7 Å². The summed E-state index contributed by atoms with van der Waals surface area (Å²) in [6, 6.07) is 17.2. The zero-order valence-corrected chi connectivity index (χ0v) is 22.9. The summed E-state index contributed by atoms with van der Waals surface area (Å²) in [7, 11) is -1.01. The quantitative estimate of drug-likeness (QED) is 0.341. The highest BCUT2D eigenvalue weighted by Crippen LogP contribution is 2.30. The van der Waals surface area contributed by atoms with Crippen LogP contribution in [0.15, 0.2) is 65.6 Å². The number of fused-ring (bicyclic) bond motifs is 1. The first-order valence-corrected chi connectivity index (χ1v) is 13.8. The normalized spacial score (nSPS) is 12.8. The van der Waals surface area contributed by atoms with Gasteiger partial charge in [0.1, 0.15) is 22.5 Å². The van der Waals surface area contributed by atoms with Crippen molar-refractivity contribution in [2.75, 3.05) is 14.2 Å². The van der Waals surface area contributed by atoms with Gasteiger partial charge in [0, 0.05) is 6.07 Å². The molecule has 0 aliphatic rings. The monoisotopic (exact) mass is 539 g/mol. The number of nitrogens with zero attached hydrogens (tertiary/aromatic N) is 2. The molecule has 1 aromatic heterocycles. The number of benzene rings is 3. The number of aromatic nitrogens is 2. The second kappa shape index (κ2) is 10.5. The molecular formula is C27H29N3O5S2. The van der Waals surface area contributed by atoms with E-state index in [2.05, 4.69) is 13.5 Å². The van der Waals surface area contributed by atoms with Crippen LogP contribution in [0, 0.1) is 0 Å². The number of nitrogens with one attached hydrogen (secondary N) is 1. The van der Waals surface area contributed by atoms with E-state index in [0.717, 1.165) is 22.9 Å². The lowest BCUT2D eigenvalue weighted by Crippen LogP contribution is -2.35. The van der Waals surface area contributed by atoms with Gasteiger partial charge in [-0.05, 0) is 64.9 Å². The maximum Gasteiger partial charge on any atom is 0.264 e. The van der Waals surface area contributed by atoms with Gasteiger partial charge in [-0.15, -0.1) is 0 Å². The number of carbonyl (C=O) groups excluding carboxylic acids is 1. The molecule has 194 valence electrons. The zero-order valence-electron chi connectivity index (χ0n) is 21.3. The van der Waals surface area contributed by atoms with E-state index in [4.69, 9.17) is 9.47 Å². The van der Waals surface area contributed by atoms with Crippen LogP contribution in [0.1, 0.15) is 43.4 Å². The molecule has 0 aliphatic carbocycles. The van der Waals surface area contributed by atoms with E-state index in [0.29, 0.717) is 28.1 Å². The van der Waals surface area contributed by atoms with Crippen molar-refractivity contribution in [3.05, 3.63) is 77.4 Å². The number of ether oxygens (including phenoxy) is 2. The van der Waals surface area contributed by atoms with E-state index in [1.165, 1.54) is 12.1 Å². The van der Waals surface area contributed by atoms with E-state index in [-0.39, 0.29) is 16.7 Å². The van der Waals surface area contributed by atoms with Crippen molar-refractivity contribution in [3.8, 4) is 11.5 Å². The predicted molar refractivity (Wildman–Crippen MR) is 144 cm³/mol. The lowest BCUT2D eigenvalue weighted by Gasteiger charge is -2.20. The second-order valence-corrected chi connectivity index (χ2v) is 11.9. The van der Waals surface area contributed by atoms with Crippen molar-refractivity contribution < 1.29 is 22.7 Å². The molecule has 0 radical (unpaired) electrons. The smallest absolute Gasteiger partial charge is 0.264 e. The molecule has 0 spiro atoms. The first kappa shape index (κ1) is 26.6. The minimum atomic E-state index is -4.10. The van der Waals surface area contributed by atoms with Gasteiger partial charge in [0.15, 0.2) is 0 Å². The third-order valence-electron chi connectivity index (χ3n) is 6.11. The molecule has 1 atom stereocenters. The van der Waals surface area contributed by atoms with Crippen LogP contribution < -0.4 is 14.2 Å². The van der Waals surface area contributed by atoms with Gasteiger partial charge in [0.2, 0.25) is 5.91 Å². The lowest BCUT2D eigenvalue weighted by atomic mass is 9.87. The SMILES string of the molecule is COc1cc(CC(C(=O)NS(=O)(=O)c2ccc(C(C)(C)C)cc2)c2ccc3nsnc3c2)cc(OC)c1. The standard InChI is InChI=1S/C27H29N3O5S2/c1-27(2,3)19-7-9-22(10-8-19)37(32,33)30-26(31)23(18-6-11-24-25(15-18)29-36-28-24)14-17-12-20(34-4)16-21(13-17)35-5/h6-13,15-16,23H,14H2,1-5H3,(H,30,31). The summed E-state index contributed by atoms with van der Waals surface area (Å²) >= 11 is 1.08. The number of sulfonamides is 1. The van der Waals surface area contributed by atoms with Crippen molar-refractivity contribution in [1.29, 1.82) is 0 Å². The minimum Gasteiger partial charge on any atom is -0.497 e. The topological polar surface area (TPSA) is 107 Å². The maximum atomic E-state index is 13.6. The van der Waals surface area contributed by atoms with E-state index >= 15 is 0 Å². The van der Waals surface area contributed by atoms with Gasteiger partial charge in [-0.2, -0.15) is 8.75 Å². The maximum absolute atomic E-state index is 13.6. The Hall–Kier alpha value is -3.50. The number of rotatable bonds is 8. The summed E-state index contributed by atoms with van der Waals surface area (Å²) in [5.41, 5.74) is 3.59. The van der Waals surface area contributed by atoms with Gasteiger partial charge in [0.05, 0.1) is 36.8 Å². The van der Waals surface area contributed by atoms with Crippen LogP contribution in [-0.4, -0.2) is 37.3 Å². The van der Waals surface area contributed by atoms with E-state index in [1.807, 2.05) is 20.8 Å². The average Bonchev–Trinajstić information content (AvgIpc) is 3.34. The predicted octanol–water partition coefficient (Wildman–Crippen LogP) is 4.84. The molecule has 8 nitrogen and oxygen atoms in total. The van der Waals surface area contributed by atoms with Crippen molar-refractivity contribution in [1.82, 2.24) is 13.5 Å². The first-order chi connectivity index (χ1) is 17.5. The summed E-state index contributed by atoms with van der Waals surface area (Å²) in [5, 5.41) is 0. The third-order valence-corrected chi connectivity index (χ3v) is 8.03. The van der Waals surface area contributed by atoms with Crippen LogP contribution in [0.2, 0.25) is 0 Å². The van der Waals surface area contributed by atoms with E-state index in [1.54, 1.807) is 62.8 Å². The molecule has 10 heteroatoms. The Balaban J connectivity index is 1.68. The average molecular weight is 540 g/mol. The molecule has 0 bridgehead atoms. The third kappa shape index (κ3) is 6.08. The first-order valence-electron chi connectivity index (χ1n) is 11.6. The molecule has 0 saturated carbocycles. The number of hydrogen-bond acceptors (Lipinski definition) is 8. The Morgan fingerprint density at radius 3 is 2.14 bits per heavy atom. The van der Waals surface area contributed by atoms with Crippen molar-refractivity contribution in [2.24, 2.45) is 0 Å². The van der Waals surface area contributed by atoms with Crippen LogP contribution in [0.3, 0.4) is 0 Å². The van der Waals surface area contributed by atoms with Gasteiger partial charge in [0.25, 0.3) is 10.0 Å². The summed E-state index contributed by atoms with van der Waals surface area (Å²) < 4.78 is 47.9. The van der Waals surface area contributed by atoms with Gasteiger partial charge < -0.3 is 9.47 Å². The second-order valence-electron chi connectivity index (χ2n) is 9.73. The van der Waals surface area contributed by atoms with Crippen LogP contribution >= 0.6 is 11.7 Å². The largest absolute Gasteiger partial charge is 0.497 e. The van der Waals surface area contributed by atoms with E-state index in [9.17, 15) is 13.2 Å². The van der Waals surface area contributed by atoms with Gasteiger partial charge in [-0.1, -0.05) is 39.0 Å². The molecule has 0 aliphatic heterocycles. The fourth-order valence-electron chi connectivity index (χ4n) is 3.99. The van der Waals surface area contributed by atoms with Crippen LogP contribution in [0.4, 0.5) is 0 Å². The Morgan fingerprint density at radius 2 is 1.54 bits per heavy atom. The molecule has 0 fully saturated rings. The Kier molecular flexibility index (Phi) is 7.52. The molecule has 4 aromatic rings. The minimum absolute atomic E-state index is 0.0230. The Bertz CT molecular complexity index is 1500. The number of carbonyl (C=O) groups is 1. The highest BCUT2D eigenvalue weighted by atomic mass is 32.2. The fraction of sp³-hybridized carbons (Fsp3) is 0.296. The highest BCUT2D eigenvalue weighted by Gasteiger charge is 2.28. The molecule has 1 N–H and O–H groups in total. The highest BCUT2D eigenvalue weighted by molar-refractivity contribution is 7.90. The lowest BCUT2D eigenvalue weighted by molar-refractivity contribution is -0.120. The van der Waals surface area contributed by atoms with Crippen LogP contribution in [-0.2, 0) is 26.7 Å². The summed E-state index contributed by atoms with van der Waals surface area (Å²) in [5.74, 6) is -0.339. The molecule has 3 aromatic carbocycles. The molecule has 1 unspecified atom stereocenters. The van der Waals surface area contributed by atoms with Gasteiger partial charge >= 0.3 is 0 Å². The molecular weight excluding hydrogens is 510 g/mol. The van der Waals surface area contributed by atoms with Crippen LogP contribution in [0.25, 0.3) is 11.0 Å². The van der Waals surface area contributed by atoms with Crippen molar-refractivity contribution in [2.45, 2.75) is 43.4 Å². The number of methoxy groups -OCH3 is 2. The van der Waals surface area contributed by atoms with Gasteiger partial charge in [-0.3, -0.25) is 4.79 Å². The summed E-state index contributed by atoms with van der Waals surface area (Å²) in [4.78, 5) is 13.6. The molecule has 0 saturated heterocycles. The molecule has 1 amide bonds. The van der Waals surface area contributed by atoms with Gasteiger partial charge in [-0.25, -0.2) is 13.1 Å². The number of amides is 1.